The molecule has 1 fully saturated rings. The van der Waals surface area contributed by atoms with E-state index >= 15 is 0 Å². The number of nitrogens with one attached hydrogen (secondary N) is 1. The quantitative estimate of drug-likeness (QED) is 0.918. The average molecular weight is 259 g/mol. The van der Waals surface area contributed by atoms with Gasteiger partial charge in [0.05, 0.1) is 6.20 Å². The molecule has 1 saturated heterocycles. The van der Waals surface area contributed by atoms with Crippen LogP contribution in [0.3, 0.4) is 0 Å². The van der Waals surface area contributed by atoms with E-state index in [4.69, 9.17) is 0 Å². The molecule has 2 heterocycles. The Balaban J connectivity index is 1.70. The summed E-state index contributed by atoms with van der Waals surface area (Å²) in [6.07, 6.45) is 6.33. The molecule has 4 heteroatoms. The van der Waals surface area contributed by atoms with Gasteiger partial charge in [0, 0.05) is 18.3 Å². The Hall–Kier alpha value is -1.68. The summed E-state index contributed by atoms with van der Waals surface area (Å²) in [7, 11) is 0. The maximum Gasteiger partial charge on any atom is 0.123 e. The van der Waals surface area contributed by atoms with Gasteiger partial charge < -0.3 is 5.32 Å². The molecule has 0 amide bonds. The van der Waals surface area contributed by atoms with Crippen molar-refractivity contribution in [1.82, 2.24) is 15.1 Å². The van der Waals surface area contributed by atoms with E-state index in [0.29, 0.717) is 5.92 Å². The number of rotatable bonds is 3. The Morgan fingerprint density at radius 3 is 2.63 bits per heavy atom. The van der Waals surface area contributed by atoms with E-state index < -0.39 is 0 Å². The highest BCUT2D eigenvalue weighted by Gasteiger charge is 2.14. The van der Waals surface area contributed by atoms with Crippen molar-refractivity contribution in [1.29, 1.82) is 0 Å². The third-order valence-corrected chi connectivity index (χ3v) is 3.71. The summed E-state index contributed by atoms with van der Waals surface area (Å²) in [5, 5.41) is 7.78. The predicted molar refractivity (Wildman–Crippen MR) is 73.2 cm³/mol. The van der Waals surface area contributed by atoms with Gasteiger partial charge in [-0.3, -0.25) is 4.68 Å². The average Bonchev–Trinajstić information content (AvgIpc) is 2.89. The van der Waals surface area contributed by atoms with E-state index in [1.807, 2.05) is 10.9 Å². The first-order chi connectivity index (χ1) is 9.31. The molecule has 0 aliphatic carbocycles. The van der Waals surface area contributed by atoms with Gasteiger partial charge in [-0.05, 0) is 49.5 Å². The fourth-order valence-corrected chi connectivity index (χ4v) is 2.58. The van der Waals surface area contributed by atoms with Crippen molar-refractivity contribution in [2.24, 2.45) is 5.92 Å². The van der Waals surface area contributed by atoms with Crippen LogP contribution in [0.25, 0.3) is 11.1 Å². The van der Waals surface area contributed by atoms with E-state index in [2.05, 4.69) is 16.6 Å². The van der Waals surface area contributed by atoms with Crippen LogP contribution in [0.15, 0.2) is 36.7 Å². The van der Waals surface area contributed by atoms with Crippen LogP contribution in [-0.4, -0.2) is 22.9 Å². The second kappa shape index (κ2) is 5.53. The molecule has 1 N–H and O–H groups in total. The van der Waals surface area contributed by atoms with Crippen molar-refractivity contribution in [3.63, 3.8) is 0 Å². The number of nitrogens with zero attached hydrogens (tertiary/aromatic N) is 2. The van der Waals surface area contributed by atoms with E-state index in [1.165, 1.54) is 25.0 Å². The van der Waals surface area contributed by atoms with Crippen LogP contribution in [0.5, 0.6) is 0 Å². The van der Waals surface area contributed by atoms with Gasteiger partial charge in [-0.1, -0.05) is 12.1 Å². The highest BCUT2D eigenvalue weighted by atomic mass is 19.1. The molecular weight excluding hydrogens is 241 g/mol. The maximum atomic E-state index is 12.9. The zero-order valence-electron chi connectivity index (χ0n) is 10.8. The van der Waals surface area contributed by atoms with Gasteiger partial charge in [0.15, 0.2) is 0 Å². The van der Waals surface area contributed by atoms with Gasteiger partial charge in [0.25, 0.3) is 0 Å². The Labute approximate surface area is 112 Å². The normalized spacial score (nSPS) is 16.7. The summed E-state index contributed by atoms with van der Waals surface area (Å²) >= 11 is 0. The summed E-state index contributed by atoms with van der Waals surface area (Å²) in [4.78, 5) is 0. The summed E-state index contributed by atoms with van der Waals surface area (Å²) in [5.74, 6) is 0.507. The molecular formula is C15H18FN3. The molecule has 0 atom stereocenters. The number of piperidine rings is 1. The minimum atomic E-state index is -0.203. The lowest BCUT2D eigenvalue weighted by atomic mass is 9.98. The minimum absolute atomic E-state index is 0.203. The third kappa shape index (κ3) is 3.01. The first kappa shape index (κ1) is 12.4. The van der Waals surface area contributed by atoms with E-state index in [-0.39, 0.29) is 5.82 Å². The molecule has 0 saturated carbocycles. The highest BCUT2D eigenvalue weighted by molar-refractivity contribution is 5.61. The van der Waals surface area contributed by atoms with Gasteiger partial charge in [-0.25, -0.2) is 4.39 Å². The zero-order valence-corrected chi connectivity index (χ0v) is 10.8. The summed E-state index contributed by atoms with van der Waals surface area (Å²) in [6.45, 7) is 3.19. The van der Waals surface area contributed by atoms with Gasteiger partial charge >= 0.3 is 0 Å². The molecule has 0 spiro atoms. The number of halogens is 1. The van der Waals surface area contributed by atoms with Gasteiger partial charge in [-0.2, -0.15) is 5.10 Å². The molecule has 2 aromatic rings. The smallest absolute Gasteiger partial charge is 0.123 e. The summed E-state index contributed by atoms with van der Waals surface area (Å²) in [6, 6.07) is 6.56. The van der Waals surface area contributed by atoms with Crippen molar-refractivity contribution in [2.75, 3.05) is 13.1 Å². The maximum absolute atomic E-state index is 12.9. The zero-order chi connectivity index (χ0) is 13.1. The minimum Gasteiger partial charge on any atom is -0.317 e. The topological polar surface area (TPSA) is 29.9 Å². The molecule has 100 valence electrons. The van der Waals surface area contributed by atoms with Crippen molar-refractivity contribution in [3.8, 4) is 11.1 Å². The standard InChI is InChI=1S/C15H18FN3/c16-15-3-1-13(2-4-15)14-9-18-19(11-14)10-12-5-7-17-8-6-12/h1-4,9,11-12,17H,5-8,10H2. The van der Waals surface area contributed by atoms with E-state index in [9.17, 15) is 4.39 Å². The second-order valence-electron chi connectivity index (χ2n) is 5.15. The molecule has 0 bridgehead atoms. The van der Waals surface area contributed by atoms with Crippen molar-refractivity contribution in [2.45, 2.75) is 19.4 Å². The fraction of sp³-hybridized carbons (Fsp3) is 0.400. The number of benzene rings is 1. The van der Waals surface area contributed by atoms with Crippen LogP contribution in [0, 0.1) is 11.7 Å². The molecule has 0 radical (unpaired) electrons. The SMILES string of the molecule is Fc1ccc(-c2cnn(CC3CCNCC3)c2)cc1. The number of aromatic nitrogens is 2. The van der Waals surface area contributed by atoms with E-state index in [0.717, 1.165) is 30.8 Å². The molecule has 19 heavy (non-hydrogen) atoms. The molecule has 0 unspecified atom stereocenters. The first-order valence-electron chi connectivity index (χ1n) is 6.80. The molecule has 1 aliphatic heterocycles. The Kier molecular flexibility index (Phi) is 3.60. The van der Waals surface area contributed by atoms with E-state index in [1.54, 1.807) is 12.1 Å². The predicted octanol–water partition coefficient (Wildman–Crippen LogP) is 2.69. The molecule has 1 aliphatic rings. The molecule has 3 nitrogen and oxygen atoms in total. The Bertz CT molecular complexity index is 527. The van der Waals surface area contributed by atoms with Crippen molar-refractivity contribution in [3.05, 3.63) is 42.5 Å². The van der Waals surface area contributed by atoms with Crippen molar-refractivity contribution < 1.29 is 4.39 Å². The van der Waals surface area contributed by atoms with Crippen LogP contribution in [0.2, 0.25) is 0 Å². The fourth-order valence-electron chi connectivity index (χ4n) is 2.58. The Morgan fingerprint density at radius 1 is 1.16 bits per heavy atom. The lowest BCUT2D eigenvalue weighted by Gasteiger charge is -2.22. The highest BCUT2D eigenvalue weighted by Crippen LogP contribution is 2.20. The van der Waals surface area contributed by atoms with Crippen LogP contribution in [0.4, 0.5) is 4.39 Å². The summed E-state index contributed by atoms with van der Waals surface area (Å²) < 4.78 is 14.9. The van der Waals surface area contributed by atoms with Crippen LogP contribution >= 0.6 is 0 Å². The van der Waals surface area contributed by atoms with Gasteiger partial charge in [0.2, 0.25) is 0 Å². The van der Waals surface area contributed by atoms with Crippen LogP contribution < -0.4 is 5.32 Å². The van der Waals surface area contributed by atoms with Crippen LogP contribution in [-0.2, 0) is 6.54 Å². The van der Waals surface area contributed by atoms with Crippen molar-refractivity contribution >= 4 is 0 Å². The van der Waals surface area contributed by atoms with Gasteiger partial charge in [-0.15, -0.1) is 0 Å². The first-order valence-corrected chi connectivity index (χ1v) is 6.80. The number of hydrogen-bond donors (Lipinski definition) is 1. The lowest BCUT2D eigenvalue weighted by Crippen LogP contribution is -2.29. The second-order valence-corrected chi connectivity index (χ2v) is 5.15. The largest absolute Gasteiger partial charge is 0.317 e. The lowest BCUT2D eigenvalue weighted by molar-refractivity contribution is 0.321. The Morgan fingerprint density at radius 2 is 1.89 bits per heavy atom. The summed E-state index contributed by atoms with van der Waals surface area (Å²) in [5.41, 5.74) is 2.06. The van der Waals surface area contributed by atoms with Crippen LogP contribution in [0.1, 0.15) is 12.8 Å². The molecule has 1 aromatic heterocycles. The third-order valence-electron chi connectivity index (χ3n) is 3.71. The monoisotopic (exact) mass is 259 g/mol. The molecule has 3 rings (SSSR count). The molecule has 1 aromatic carbocycles. The van der Waals surface area contributed by atoms with Gasteiger partial charge in [0.1, 0.15) is 5.82 Å². The number of hydrogen-bond acceptors (Lipinski definition) is 2.